The van der Waals surface area contributed by atoms with Crippen LogP contribution in [0.1, 0.15) is 65.3 Å². The molecule has 0 atom stereocenters. The molecule has 1 aromatic heterocycles. The molecule has 44 heavy (non-hydrogen) atoms. The second kappa shape index (κ2) is 14.4. The van der Waals surface area contributed by atoms with Crippen molar-refractivity contribution in [3.63, 3.8) is 0 Å². The third-order valence-electron chi connectivity index (χ3n) is 6.76. The van der Waals surface area contributed by atoms with Crippen molar-refractivity contribution < 1.29 is 22.6 Å². The van der Waals surface area contributed by atoms with Crippen LogP contribution in [0.5, 0.6) is 17.4 Å². The number of pyridine rings is 1. The zero-order chi connectivity index (χ0) is 29.2. The first kappa shape index (κ1) is 35.9. The lowest BCUT2D eigenvalue weighted by molar-refractivity contribution is 0.295. The van der Waals surface area contributed by atoms with Crippen LogP contribution in [0.2, 0.25) is 0 Å². The molecule has 2 heterocycles. The molecule has 7 nitrogen and oxygen atoms in total. The molecule has 8 heteroatoms. The highest BCUT2D eigenvalue weighted by Gasteiger charge is 2.27. The van der Waals surface area contributed by atoms with Gasteiger partial charge in [0.1, 0.15) is 23.9 Å². The van der Waals surface area contributed by atoms with Crippen molar-refractivity contribution in [2.24, 2.45) is 0 Å². The van der Waals surface area contributed by atoms with Gasteiger partial charge in [-0.25, -0.2) is 13.4 Å². The van der Waals surface area contributed by atoms with Crippen LogP contribution in [0.3, 0.4) is 0 Å². The highest BCUT2D eigenvalue weighted by molar-refractivity contribution is 7.92. The van der Waals surface area contributed by atoms with Crippen LogP contribution in [-0.4, -0.2) is 26.8 Å². The van der Waals surface area contributed by atoms with Crippen molar-refractivity contribution in [3.8, 4) is 28.5 Å². The smallest absolute Gasteiger partial charge is 0.229 e. The van der Waals surface area contributed by atoms with Crippen LogP contribution in [0.25, 0.3) is 16.9 Å². The van der Waals surface area contributed by atoms with Crippen molar-refractivity contribution in [3.05, 3.63) is 107 Å². The topological polar surface area (TPSA) is 86.8 Å². The minimum Gasteiger partial charge on any atom is -0.496 e. The number of sulfonamides is 1. The molecule has 0 bridgehead atoms. The van der Waals surface area contributed by atoms with Gasteiger partial charge in [-0.15, -0.1) is 0 Å². The van der Waals surface area contributed by atoms with Crippen molar-refractivity contribution in [2.45, 2.75) is 61.5 Å². The van der Waals surface area contributed by atoms with Crippen LogP contribution < -0.4 is 18.9 Å². The lowest BCUT2D eigenvalue weighted by Gasteiger charge is -2.27. The summed E-state index contributed by atoms with van der Waals surface area (Å²) in [5, 5.41) is 0. The molecule has 5 rings (SSSR count). The third kappa shape index (κ3) is 8.20. The van der Waals surface area contributed by atoms with Gasteiger partial charge in [0.15, 0.2) is 0 Å². The molecule has 0 spiro atoms. The SMILES string of the molecule is C.C.C.COc1c(C2=CCc3cc(NS(C)(=O)=O)ccc3O2)cc(-c2cccnc2OCc2ccccc2)cc1C(C)(C)C. The molecule has 0 aliphatic carbocycles. The Hall–Kier alpha value is -4.30. The summed E-state index contributed by atoms with van der Waals surface area (Å²) in [6, 6.07) is 23.4. The Bertz CT molecular complexity index is 1710. The summed E-state index contributed by atoms with van der Waals surface area (Å²) in [7, 11) is -1.70. The molecule has 236 valence electrons. The number of rotatable bonds is 8. The van der Waals surface area contributed by atoms with E-state index in [9.17, 15) is 8.42 Å². The van der Waals surface area contributed by atoms with E-state index in [0.717, 1.165) is 45.4 Å². The summed E-state index contributed by atoms with van der Waals surface area (Å²) < 4.78 is 44.5. The predicted octanol–water partition coefficient (Wildman–Crippen LogP) is 8.89. The fourth-order valence-corrected chi connectivity index (χ4v) is 5.39. The van der Waals surface area contributed by atoms with Crippen molar-refractivity contribution in [2.75, 3.05) is 18.1 Å². The summed E-state index contributed by atoms with van der Waals surface area (Å²) in [5.41, 5.74) is 5.85. The first-order chi connectivity index (χ1) is 19.5. The van der Waals surface area contributed by atoms with Crippen LogP contribution in [0.4, 0.5) is 5.69 Å². The number of hydrogen-bond acceptors (Lipinski definition) is 6. The Labute approximate surface area is 264 Å². The van der Waals surface area contributed by atoms with Gasteiger partial charge in [0.2, 0.25) is 15.9 Å². The third-order valence-corrected chi connectivity index (χ3v) is 7.36. The van der Waals surface area contributed by atoms with E-state index in [1.165, 1.54) is 0 Å². The first-order valence-corrected chi connectivity index (χ1v) is 15.2. The van der Waals surface area contributed by atoms with Gasteiger partial charge in [-0.05, 0) is 71.5 Å². The molecule has 0 fully saturated rings. The molecule has 4 aromatic rings. The molecule has 1 aliphatic rings. The second-order valence-electron chi connectivity index (χ2n) is 11.1. The van der Waals surface area contributed by atoms with Crippen LogP contribution in [0.15, 0.2) is 85.1 Å². The number of anilines is 1. The average molecular weight is 619 g/mol. The largest absolute Gasteiger partial charge is 0.496 e. The highest BCUT2D eigenvalue weighted by Crippen LogP contribution is 2.44. The molecule has 0 unspecified atom stereocenters. The van der Waals surface area contributed by atoms with Crippen LogP contribution >= 0.6 is 0 Å². The number of benzene rings is 3. The van der Waals surface area contributed by atoms with Gasteiger partial charge in [0.25, 0.3) is 0 Å². The molecule has 0 amide bonds. The fourth-order valence-electron chi connectivity index (χ4n) is 4.84. The molecular weight excluding hydrogens is 572 g/mol. The molecule has 0 saturated heterocycles. The van der Waals surface area contributed by atoms with Crippen molar-refractivity contribution in [1.29, 1.82) is 0 Å². The van der Waals surface area contributed by atoms with E-state index in [-0.39, 0.29) is 27.7 Å². The average Bonchev–Trinajstić information content (AvgIpc) is 2.94. The van der Waals surface area contributed by atoms with E-state index in [1.807, 2.05) is 48.5 Å². The summed E-state index contributed by atoms with van der Waals surface area (Å²) in [6.45, 7) is 6.85. The predicted molar refractivity (Wildman–Crippen MR) is 183 cm³/mol. The number of nitrogens with zero attached hydrogens (tertiary/aromatic N) is 1. The number of nitrogens with one attached hydrogen (secondary N) is 1. The number of methoxy groups -OCH3 is 1. The van der Waals surface area contributed by atoms with E-state index in [0.29, 0.717) is 36.1 Å². The number of ether oxygens (including phenoxy) is 3. The lowest BCUT2D eigenvalue weighted by atomic mass is 9.82. The van der Waals surface area contributed by atoms with E-state index < -0.39 is 10.0 Å². The number of hydrogen-bond donors (Lipinski definition) is 1. The lowest BCUT2D eigenvalue weighted by Crippen LogP contribution is -2.15. The maximum Gasteiger partial charge on any atom is 0.229 e. The number of allylic oxidation sites excluding steroid dienone is 1. The molecule has 0 radical (unpaired) electrons. The van der Waals surface area contributed by atoms with Gasteiger partial charge in [0.05, 0.1) is 18.9 Å². The van der Waals surface area contributed by atoms with Crippen LogP contribution in [-0.2, 0) is 28.5 Å². The number of fused-ring (bicyclic) bond motifs is 1. The summed E-state index contributed by atoms with van der Waals surface area (Å²) in [5.74, 6) is 2.62. The van der Waals surface area contributed by atoms with Gasteiger partial charge >= 0.3 is 0 Å². The molecule has 0 saturated carbocycles. The Morgan fingerprint density at radius 2 is 1.66 bits per heavy atom. The highest BCUT2D eigenvalue weighted by atomic mass is 32.2. The minimum atomic E-state index is -3.38. The Morgan fingerprint density at radius 1 is 0.932 bits per heavy atom. The molecule has 1 aliphatic heterocycles. The van der Waals surface area contributed by atoms with E-state index >= 15 is 0 Å². The minimum absolute atomic E-state index is 0. The summed E-state index contributed by atoms with van der Waals surface area (Å²) >= 11 is 0. The molecule has 3 aromatic carbocycles. The van der Waals surface area contributed by atoms with Gasteiger partial charge in [0, 0.05) is 28.6 Å². The summed E-state index contributed by atoms with van der Waals surface area (Å²) in [6.07, 6.45) is 5.43. The Kier molecular flexibility index (Phi) is 11.8. The van der Waals surface area contributed by atoms with E-state index in [4.69, 9.17) is 14.2 Å². The van der Waals surface area contributed by atoms with E-state index in [2.05, 4.69) is 42.6 Å². The van der Waals surface area contributed by atoms with E-state index in [1.54, 1.807) is 31.5 Å². The fraction of sp³-hybridized carbons (Fsp3) is 0.306. The monoisotopic (exact) mass is 618 g/mol. The first-order valence-electron chi connectivity index (χ1n) is 13.4. The zero-order valence-corrected chi connectivity index (χ0v) is 24.7. The van der Waals surface area contributed by atoms with Crippen molar-refractivity contribution >= 4 is 21.5 Å². The standard InChI is InChI=1S/C33H34N2O5S.3CH4/c1-33(2,3)28-20-24(26-12-9-17-34-32(26)39-21-22-10-7-6-8-11-22)19-27(31(28)38-4)30-15-13-23-18-25(35-41(5,36)37)14-16-29(23)40-30;;;/h6-12,14-20,35H,13,21H2,1-5H3;3*1H4. The molecular formula is C36H46N2O5S. The maximum atomic E-state index is 11.7. The second-order valence-corrected chi connectivity index (χ2v) is 12.8. The normalized spacial score (nSPS) is 12.2. The van der Waals surface area contributed by atoms with Gasteiger partial charge < -0.3 is 14.2 Å². The van der Waals surface area contributed by atoms with Crippen LogP contribution in [0, 0.1) is 0 Å². The van der Waals surface area contributed by atoms with Gasteiger partial charge in [-0.2, -0.15) is 0 Å². The summed E-state index contributed by atoms with van der Waals surface area (Å²) in [4.78, 5) is 4.56. The van der Waals surface area contributed by atoms with Gasteiger partial charge in [-0.1, -0.05) is 73.4 Å². The van der Waals surface area contributed by atoms with Crippen molar-refractivity contribution in [1.82, 2.24) is 4.98 Å². The molecule has 1 N–H and O–H groups in total. The Balaban J connectivity index is 0.00000225. The quantitative estimate of drug-likeness (QED) is 0.212. The maximum absolute atomic E-state index is 11.7. The van der Waals surface area contributed by atoms with Gasteiger partial charge in [-0.3, -0.25) is 4.72 Å². The Morgan fingerprint density at radius 3 is 2.32 bits per heavy atom. The number of aromatic nitrogens is 1. The zero-order valence-electron chi connectivity index (χ0n) is 23.9.